The van der Waals surface area contributed by atoms with E-state index in [-0.39, 0.29) is 5.91 Å². The maximum absolute atomic E-state index is 12.5. The maximum Gasteiger partial charge on any atom is 0.274 e. The second kappa shape index (κ2) is 5.28. The Kier molecular flexibility index (Phi) is 3.28. The molecule has 21 heavy (non-hydrogen) atoms. The second-order valence-electron chi connectivity index (χ2n) is 6.63. The smallest absolute Gasteiger partial charge is 0.274 e. The molecular weight excluding hydrogens is 264 g/mol. The lowest BCUT2D eigenvalue weighted by Gasteiger charge is -2.18. The molecule has 0 radical (unpaired) electrons. The van der Waals surface area contributed by atoms with Crippen molar-refractivity contribution in [2.45, 2.75) is 32.1 Å². The van der Waals surface area contributed by atoms with Crippen LogP contribution in [0.1, 0.15) is 42.6 Å². The molecule has 2 atom stereocenters. The lowest BCUT2D eigenvalue weighted by Crippen LogP contribution is -2.30. The SMILES string of the molecule is O=C(c1ccc(N2CCCC2)nn1)N1C[C@H]2CCC[C@H]2C1. The van der Waals surface area contributed by atoms with E-state index in [4.69, 9.17) is 0 Å². The number of hydrogen-bond acceptors (Lipinski definition) is 4. The van der Waals surface area contributed by atoms with Gasteiger partial charge in [0, 0.05) is 26.2 Å². The summed E-state index contributed by atoms with van der Waals surface area (Å²) in [5.41, 5.74) is 0.498. The van der Waals surface area contributed by atoms with Crippen molar-refractivity contribution in [3.63, 3.8) is 0 Å². The number of fused-ring (bicyclic) bond motifs is 1. The summed E-state index contributed by atoms with van der Waals surface area (Å²) in [6, 6.07) is 3.79. The molecule has 1 amide bonds. The van der Waals surface area contributed by atoms with Gasteiger partial charge in [-0.15, -0.1) is 10.2 Å². The van der Waals surface area contributed by atoms with Gasteiger partial charge in [0.1, 0.15) is 0 Å². The molecule has 1 saturated carbocycles. The predicted octanol–water partition coefficient (Wildman–Crippen LogP) is 1.95. The Morgan fingerprint density at radius 1 is 1.00 bits per heavy atom. The van der Waals surface area contributed by atoms with Crippen LogP contribution < -0.4 is 4.90 Å². The number of amides is 1. The lowest BCUT2D eigenvalue weighted by atomic mass is 10.0. The predicted molar refractivity (Wildman–Crippen MR) is 80.2 cm³/mol. The average molecular weight is 286 g/mol. The Labute approximate surface area is 125 Å². The highest BCUT2D eigenvalue weighted by molar-refractivity contribution is 5.92. The number of nitrogens with zero attached hydrogens (tertiary/aromatic N) is 4. The standard InChI is InChI=1S/C16H22N4O/c21-16(20-10-12-4-3-5-13(12)11-20)14-6-7-15(18-17-14)19-8-1-2-9-19/h6-7,12-13H,1-5,8-11H2/t12-,13+. The van der Waals surface area contributed by atoms with Crippen molar-refractivity contribution in [2.24, 2.45) is 11.8 Å². The summed E-state index contributed by atoms with van der Waals surface area (Å²) in [4.78, 5) is 16.7. The van der Waals surface area contributed by atoms with Gasteiger partial charge < -0.3 is 9.80 Å². The highest BCUT2D eigenvalue weighted by Crippen LogP contribution is 2.38. The van der Waals surface area contributed by atoms with E-state index in [2.05, 4.69) is 15.1 Å². The first-order valence-corrected chi connectivity index (χ1v) is 8.19. The summed E-state index contributed by atoms with van der Waals surface area (Å²) in [5, 5.41) is 8.43. The van der Waals surface area contributed by atoms with Gasteiger partial charge in [-0.25, -0.2) is 0 Å². The van der Waals surface area contributed by atoms with E-state index in [0.717, 1.165) is 43.8 Å². The quantitative estimate of drug-likeness (QED) is 0.834. The van der Waals surface area contributed by atoms with E-state index >= 15 is 0 Å². The highest BCUT2D eigenvalue weighted by Gasteiger charge is 2.38. The van der Waals surface area contributed by atoms with Gasteiger partial charge in [-0.05, 0) is 49.7 Å². The van der Waals surface area contributed by atoms with Crippen LogP contribution in [0.25, 0.3) is 0 Å². The van der Waals surface area contributed by atoms with Gasteiger partial charge in [-0.2, -0.15) is 0 Å². The number of rotatable bonds is 2. The van der Waals surface area contributed by atoms with Gasteiger partial charge in [0.2, 0.25) is 0 Å². The van der Waals surface area contributed by atoms with Crippen molar-refractivity contribution in [3.8, 4) is 0 Å². The van der Waals surface area contributed by atoms with Crippen molar-refractivity contribution in [3.05, 3.63) is 17.8 Å². The molecule has 3 heterocycles. The molecule has 0 unspecified atom stereocenters. The average Bonchev–Trinajstić information content (AvgIpc) is 3.23. The van der Waals surface area contributed by atoms with Gasteiger partial charge in [-0.3, -0.25) is 4.79 Å². The fraction of sp³-hybridized carbons (Fsp3) is 0.688. The summed E-state index contributed by atoms with van der Waals surface area (Å²) >= 11 is 0. The van der Waals surface area contributed by atoms with Crippen molar-refractivity contribution in [1.82, 2.24) is 15.1 Å². The van der Waals surface area contributed by atoms with Gasteiger partial charge in [-0.1, -0.05) is 6.42 Å². The van der Waals surface area contributed by atoms with Crippen molar-refractivity contribution in [1.29, 1.82) is 0 Å². The van der Waals surface area contributed by atoms with Crippen LogP contribution in [0.4, 0.5) is 5.82 Å². The molecule has 112 valence electrons. The summed E-state index contributed by atoms with van der Waals surface area (Å²) < 4.78 is 0. The number of carbonyl (C=O) groups is 1. The number of hydrogen-bond donors (Lipinski definition) is 0. The molecule has 0 spiro atoms. The fourth-order valence-corrected chi connectivity index (χ4v) is 4.12. The summed E-state index contributed by atoms with van der Waals surface area (Å²) in [6.07, 6.45) is 6.35. The Bertz CT molecular complexity index is 512. The van der Waals surface area contributed by atoms with E-state index < -0.39 is 0 Å². The van der Waals surface area contributed by atoms with Gasteiger partial charge >= 0.3 is 0 Å². The normalized spacial score (nSPS) is 28.2. The molecule has 2 saturated heterocycles. The minimum Gasteiger partial charge on any atom is -0.355 e. The molecule has 0 aromatic carbocycles. The van der Waals surface area contributed by atoms with Crippen molar-refractivity contribution in [2.75, 3.05) is 31.1 Å². The zero-order valence-electron chi connectivity index (χ0n) is 12.4. The van der Waals surface area contributed by atoms with Crippen LogP contribution >= 0.6 is 0 Å². The summed E-state index contributed by atoms with van der Waals surface area (Å²) in [6.45, 7) is 3.94. The summed E-state index contributed by atoms with van der Waals surface area (Å²) in [5.74, 6) is 2.42. The highest BCUT2D eigenvalue weighted by atomic mass is 16.2. The van der Waals surface area contributed by atoms with Crippen LogP contribution in [-0.2, 0) is 0 Å². The molecule has 5 heteroatoms. The number of aromatic nitrogens is 2. The van der Waals surface area contributed by atoms with E-state index in [9.17, 15) is 4.79 Å². The molecule has 4 rings (SSSR count). The van der Waals surface area contributed by atoms with E-state index in [1.54, 1.807) is 0 Å². The van der Waals surface area contributed by atoms with Crippen LogP contribution in [0.5, 0.6) is 0 Å². The number of carbonyl (C=O) groups excluding carboxylic acids is 1. The molecule has 5 nitrogen and oxygen atoms in total. The second-order valence-corrected chi connectivity index (χ2v) is 6.63. The van der Waals surface area contributed by atoms with Crippen LogP contribution in [0.15, 0.2) is 12.1 Å². The molecule has 2 aliphatic heterocycles. The largest absolute Gasteiger partial charge is 0.355 e. The molecule has 1 aromatic heterocycles. The van der Waals surface area contributed by atoms with Crippen LogP contribution in [0.2, 0.25) is 0 Å². The first-order chi connectivity index (χ1) is 10.3. The zero-order chi connectivity index (χ0) is 14.2. The van der Waals surface area contributed by atoms with Crippen molar-refractivity contribution < 1.29 is 4.79 Å². The number of anilines is 1. The Hall–Kier alpha value is -1.65. The van der Waals surface area contributed by atoms with Crippen LogP contribution in [0, 0.1) is 11.8 Å². The maximum atomic E-state index is 12.5. The van der Waals surface area contributed by atoms with Gasteiger partial charge in [0.05, 0.1) is 0 Å². The molecule has 3 aliphatic rings. The van der Waals surface area contributed by atoms with Crippen molar-refractivity contribution >= 4 is 11.7 Å². The van der Waals surface area contributed by atoms with E-state index in [1.165, 1.54) is 32.1 Å². The van der Waals surface area contributed by atoms with Crippen LogP contribution in [0.3, 0.4) is 0 Å². The topological polar surface area (TPSA) is 49.3 Å². The Morgan fingerprint density at radius 3 is 2.33 bits per heavy atom. The fourth-order valence-electron chi connectivity index (χ4n) is 4.12. The lowest BCUT2D eigenvalue weighted by molar-refractivity contribution is 0.0773. The van der Waals surface area contributed by atoms with Gasteiger partial charge in [0.15, 0.2) is 11.5 Å². The third-order valence-electron chi connectivity index (χ3n) is 5.31. The monoisotopic (exact) mass is 286 g/mol. The Morgan fingerprint density at radius 2 is 1.71 bits per heavy atom. The molecule has 3 fully saturated rings. The summed E-state index contributed by atoms with van der Waals surface area (Å²) in [7, 11) is 0. The minimum absolute atomic E-state index is 0.0601. The third-order valence-corrected chi connectivity index (χ3v) is 5.31. The molecule has 0 N–H and O–H groups in total. The third kappa shape index (κ3) is 2.39. The molecular formula is C16H22N4O. The van der Waals surface area contributed by atoms with Crippen LogP contribution in [-0.4, -0.2) is 47.2 Å². The minimum atomic E-state index is 0.0601. The van der Waals surface area contributed by atoms with E-state index in [0.29, 0.717) is 5.69 Å². The van der Waals surface area contributed by atoms with E-state index in [1.807, 2.05) is 17.0 Å². The number of likely N-dealkylation sites (tertiary alicyclic amines) is 1. The Balaban J connectivity index is 1.45. The molecule has 0 bridgehead atoms. The van der Waals surface area contributed by atoms with Gasteiger partial charge in [0.25, 0.3) is 5.91 Å². The molecule has 1 aromatic rings. The molecule has 1 aliphatic carbocycles. The first-order valence-electron chi connectivity index (χ1n) is 8.19. The zero-order valence-corrected chi connectivity index (χ0v) is 12.4. The first kappa shape index (κ1) is 13.0.